The molecule has 50 valence electrons. The Hall–Kier alpha value is -0.390. The summed E-state index contributed by atoms with van der Waals surface area (Å²) >= 11 is 5.05. The van der Waals surface area contributed by atoms with E-state index >= 15 is 0 Å². The molecule has 0 amide bonds. The van der Waals surface area contributed by atoms with Crippen molar-refractivity contribution in [1.29, 1.82) is 0 Å². The van der Waals surface area contributed by atoms with Crippen LogP contribution < -0.4 is 10.4 Å². The van der Waals surface area contributed by atoms with E-state index in [4.69, 9.17) is 11.8 Å². The van der Waals surface area contributed by atoms with Crippen molar-refractivity contribution in [2.45, 2.75) is 0 Å². The molecule has 1 aliphatic heterocycles. The van der Waals surface area contributed by atoms with Gasteiger partial charge in [-0.3, -0.25) is 5.43 Å². The lowest BCUT2D eigenvalue weighted by atomic mass is 10.6. The number of hydrogen-bond donors (Lipinski definition) is 2. The molecule has 1 heterocycles. The predicted molar refractivity (Wildman–Crippen MR) is 36.8 cm³/mol. The quantitative estimate of drug-likeness (QED) is 0.419. The van der Waals surface area contributed by atoms with E-state index in [0.29, 0.717) is 5.84 Å². The molecule has 1 aliphatic rings. The molecule has 4 nitrogen and oxygen atoms in total. The highest BCUT2D eigenvalue weighted by atomic mass is 35.5. The molecule has 9 heavy (non-hydrogen) atoms. The predicted octanol–water partition coefficient (Wildman–Crippen LogP) is -0.176. The van der Waals surface area contributed by atoms with Gasteiger partial charge < -0.3 is 0 Å². The van der Waals surface area contributed by atoms with Gasteiger partial charge in [-0.15, -0.1) is 4.94 Å². The van der Waals surface area contributed by atoms with E-state index < -0.39 is 11.0 Å². The summed E-state index contributed by atoms with van der Waals surface area (Å²) in [7, 11) is -1.21. The van der Waals surface area contributed by atoms with Gasteiger partial charge in [-0.1, -0.05) is 0 Å². The Bertz CT molecular complexity index is 189. The molecule has 0 aliphatic carbocycles. The van der Waals surface area contributed by atoms with Crippen molar-refractivity contribution in [3.63, 3.8) is 0 Å². The number of hydrazine groups is 1. The molecule has 0 fully saturated rings. The largest absolute Gasteiger partial charge is 0.291 e. The molecule has 1 unspecified atom stereocenters. The Balaban J connectivity index is 2.53. The highest BCUT2D eigenvalue weighted by Crippen LogP contribution is 1.96. The van der Waals surface area contributed by atoms with Crippen LogP contribution in [0.2, 0.25) is 0 Å². The molecule has 0 aromatic rings. The van der Waals surface area contributed by atoms with E-state index in [2.05, 4.69) is 14.8 Å². The number of halogens is 1. The number of nitrogens with one attached hydrogen (secondary N) is 2. The fourth-order valence-corrected chi connectivity index (χ4v) is 1.10. The fourth-order valence-electron chi connectivity index (χ4n) is 0.393. The van der Waals surface area contributed by atoms with Gasteiger partial charge in [0.1, 0.15) is 0 Å². The van der Waals surface area contributed by atoms with Crippen LogP contribution in [0.1, 0.15) is 0 Å². The number of hydrogen-bond acceptors (Lipinski definition) is 3. The van der Waals surface area contributed by atoms with Crippen LogP contribution in [0.5, 0.6) is 0 Å². The second kappa shape index (κ2) is 2.95. The first-order valence-electron chi connectivity index (χ1n) is 2.12. The van der Waals surface area contributed by atoms with Crippen LogP contribution in [0.15, 0.2) is 15.9 Å². The lowest BCUT2D eigenvalue weighted by Crippen LogP contribution is -2.28. The summed E-state index contributed by atoms with van der Waals surface area (Å²) < 4.78 is 14.1. The van der Waals surface area contributed by atoms with Gasteiger partial charge in [-0.05, 0) is 17.9 Å². The fraction of sp³-hybridized carbons (Fsp3) is 0. The Morgan fingerprint density at radius 1 is 1.78 bits per heavy atom. The monoisotopic (exact) mass is 165 g/mol. The van der Waals surface area contributed by atoms with Crippen molar-refractivity contribution in [2.24, 2.45) is 4.40 Å². The van der Waals surface area contributed by atoms with Crippen LogP contribution in [0, 0.1) is 0 Å². The summed E-state index contributed by atoms with van der Waals surface area (Å²) in [5.74, 6) is 0.475. The molecule has 1 rings (SSSR count). The molecule has 0 saturated heterocycles. The molecule has 0 aromatic heterocycles. The van der Waals surface area contributed by atoms with Gasteiger partial charge in [-0.25, -0.2) is 4.21 Å². The zero-order valence-corrected chi connectivity index (χ0v) is 5.87. The first-order chi connectivity index (χ1) is 4.33. The zero-order valence-electron chi connectivity index (χ0n) is 4.30. The number of rotatable bonds is 1. The number of nitrogens with zero attached hydrogens (tertiary/aromatic N) is 1. The maximum Gasteiger partial charge on any atom is 0.167 e. The van der Waals surface area contributed by atoms with Crippen molar-refractivity contribution in [3.05, 3.63) is 11.5 Å². The van der Waals surface area contributed by atoms with Crippen molar-refractivity contribution < 1.29 is 4.21 Å². The molecule has 6 heteroatoms. The van der Waals surface area contributed by atoms with Crippen LogP contribution in [-0.2, 0) is 11.0 Å². The van der Waals surface area contributed by atoms with Crippen LogP contribution in [0.25, 0.3) is 0 Å². The van der Waals surface area contributed by atoms with Crippen LogP contribution in [0.3, 0.4) is 0 Å². The van der Waals surface area contributed by atoms with Crippen molar-refractivity contribution in [1.82, 2.24) is 10.4 Å². The van der Waals surface area contributed by atoms with Crippen molar-refractivity contribution in [2.75, 3.05) is 0 Å². The third-order valence-corrected chi connectivity index (χ3v) is 1.55. The van der Waals surface area contributed by atoms with Gasteiger partial charge in [0.2, 0.25) is 0 Å². The summed E-state index contributed by atoms with van der Waals surface area (Å²) in [4.78, 5) is 2.14. The minimum absolute atomic E-state index is 0.475. The molecule has 1 atom stereocenters. The van der Waals surface area contributed by atoms with E-state index in [1.54, 1.807) is 6.08 Å². The van der Waals surface area contributed by atoms with E-state index in [9.17, 15) is 4.21 Å². The SMILES string of the molecule is O=S1C=CC(NNCl)=N1. The lowest BCUT2D eigenvalue weighted by molar-refractivity contribution is 0.690. The molecule has 0 radical (unpaired) electrons. The topological polar surface area (TPSA) is 53.5 Å². The lowest BCUT2D eigenvalue weighted by Gasteiger charge is -1.94. The molecule has 0 spiro atoms. The Morgan fingerprint density at radius 3 is 3.00 bits per heavy atom. The van der Waals surface area contributed by atoms with Gasteiger partial charge in [0.05, 0.1) is 0 Å². The first-order valence-corrected chi connectivity index (χ1v) is 3.67. The molecular weight excluding hydrogens is 162 g/mol. The standard InChI is InChI=1S/C3H4ClN3OS/c4-7-5-3-1-2-9(8)6-3/h1-2,7H,(H,5,6). The van der Waals surface area contributed by atoms with Crippen LogP contribution in [0.4, 0.5) is 0 Å². The zero-order chi connectivity index (χ0) is 6.69. The highest BCUT2D eigenvalue weighted by molar-refractivity contribution is 7.87. The minimum atomic E-state index is -1.21. The molecular formula is C3H4ClN3OS. The van der Waals surface area contributed by atoms with Crippen molar-refractivity contribution >= 4 is 28.6 Å². The highest BCUT2D eigenvalue weighted by Gasteiger charge is 2.02. The van der Waals surface area contributed by atoms with E-state index in [1.165, 1.54) is 5.41 Å². The van der Waals surface area contributed by atoms with Crippen molar-refractivity contribution in [3.8, 4) is 0 Å². The Kier molecular flexibility index (Phi) is 2.21. The second-order valence-corrected chi connectivity index (χ2v) is 2.47. The molecule has 0 aromatic carbocycles. The summed E-state index contributed by atoms with van der Waals surface area (Å²) in [5.41, 5.74) is 2.46. The maximum atomic E-state index is 10.5. The van der Waals surface area contributed by atoms with E-state index in [0.717, 1.165) is 0 Å². The summed E-state index contributed by atoms with van der Waals surface area (Å²) in [6.07, 6.45) is 1.57. The summed E-state index contributed by atoms with van der Waals surface area (Å²) in [5, 5.41) is 1.45. The summed E-state index contributed by atoms with van der Waals surface area (Å²) in [6, 6.07) is 0. The minimum Gasteiger partial charge on any atom is -0.291 e. The van der Waals surface area contributed by atoms with Gasteiger partial charge in [0.15, 0.2) is 16.8 Å². The second-order valence-electron chi connectivity index (χ2n) is 1.27. The Labute approximate surface area is 59.7 Å². The third-order valence-electron chi connectivity index (χ3n) is 0.706. The number of amidine groups is 1. The van der Waals surface area contributed by atoms with Crippen LogP contribution >= 0.6 is 11.8 Å². The van der Waals surface area contributed by atoms with Crippen LogP contribution in [-0.4, -0.2) is 10.0 Å². The summed E-state index contributed by atoms with van der Waals surface area (Å²) in [6.45, 7) is 0. The molecule has 2 N–H and O–H groups in total. The van der Waals surface area contributed by atoms with Gasteiger partial charge in [0, 0.05) is 5.41 Å². The average molecular weight is 166 g/mol. The van der Waals surface area contributed by atoms with Gasteiger partial charge in [0.25, 0.3) is 0 Å². The maximum absolute atomic E-state index is 10.5. The molecule has 0 bridgehead atoms. The van der Waals surface area contributed by atoms with Gasteiger partial charge in [-0.2, -0.15) is 4.40 Å². The smallest absolute Gasteiger partial charge is 0.167 e. The normalized spacial score (nSPS) is 24.1. The Morgan fingerprint density at radius 2 is 2.56 bits per heavy atom. The van der Waals surface area contributed by atoms with E-state index in [1.807, 2.05) is 0 Å². The third kappa shape index (κ3) is 1.78. The first kappa shape index (κ1) is 6.73. The average Bonchev–Trinajstić information content (AvgIpc) is 2.17. The van der Waals surface area contributed by atoms with Gasteiger partial charge >= 0.3 is 0 Å². The van der Waals surface area contributed by atoms with E-state index in [-0.39, 0.29) is 0 Å². The molecule has 0 saturated carbocycles.